The summed E-state index contributed by atoms with van der Waals surface area (Å²) >= 11 is 0. The van der Waals surface area contributed by atoms with E-state index in [-0.39, 0.29) is 17.8 Å². The molecule has 360 valence electrons. The molecule has 0 aromatic carbocycles. The second-order valence-corrected chi connectivity index (χ2v) is 16.2. The number of aliphatic imine (C=N–C) groups is 3. The topological polar surface area (TPSA) is 368 Å². The molecule has 0 spiro atoms. The molecule has 0 fully saturated rings. The van der Waals surface area contributed by atoms with E-state index >= 15 is 0 Å². The van der Waals surface area contributed by atoms with Crippen LogP contribution in [0.3, 0.4) is 0 Å². The fraction of sp³-hybridized carbons (Fsp3) is 0.825. The lowest BCUT2D eigenvalue weighted by Crippen LogP contribution is -2.27. The van der Waals surface area contributed by atoms with E-state index in [1.54, 1.807) is 0 Å². The van der Waals surface area contributed by atoms with Crippen molar-refractivity contribution in [3.05, 3.63) is 0 Å². The van der Waals surface area contributed by atoms with Crippen molar-refractivity contribution in [2.45, 2.75) is 147 Å². The van der Waals surface area contributed by atoms with Gasteiger partial charge in [-0.05, 0) is 61.7 Å². The van der Waals surface area contributed by atoms with Crippen LogP contribution in [0.4, 0.5) is 0 Å². The summed E-state index contributed by atoms with van der Waals surface area (Å²) in [4.78, 5) is 11.7. The van der Waals surface area contributed by atoms with Gasteiger partial charge in [0, 0.05) is 63.1 Å². The van der Waals surface area contributed by atoms with Gasteiger partial charge in [0.1, 0.15) is 40.8 Å². The maximum absolute atomic E-state index is 8.35. The molecule has 0 saturated heterocycles. The molecule has 3 heterocycles. The van der Waals surface area contributed by atoms with Gasteiger partial charge in [-0.1, -0.05) is 110 Å². The van der Waals surface area contributed by atoms with Gasteiger partial charge in [0.05, 0.1) is 0 Å². The van der Waals surface area contributed by atoms with Crippen LogP contribution >= 0.6 is 0 Å². The number of hydrogen-bond acceptors (Lipinski definition) is 17. The Kier molecular flexibility index (Phi) is 42.1. The molecule has 61 heavy (non-hydrogen) atoms. The molecular weight excluding hydrogens is 789 g/mol. The van der Waals surface area contributed by atoms with Crippen LogP contribution in [0.25, 0.3) is 0 Å². The largest absolute Gasteiger partial charge is 0.409 e. The fourth-order valence-corrected chi connectivity index (χ4v) is 5.10. The monoisotopic (exact) mass is 877 g/mol. The van der Waals surface area contributed by atoms with Gasteiger partial charge in [0.25, 0.3) is 0 Å². The van der Waals surface area contributed by atoms with Gasteiger partial charge in [-0.25, -0.2) is 0 Å². The summed E-state index contributed by atoms with van der Waals surface area (Å²) in [6.07, 6.45) is 9.69. The quantitative estimate of drug-likeness (QED) is 0.0454. The maximum atomic E-state index is 8.35. The SMILES string of the molecule is CC(C)C(C)C/C(N)=N/O.CC(C)CC(C)/C(N)=N/O.CCC(/C(N)=N/O)C(C)C.CCC(C)C(C)/C(N)=N/O.ONC1=NCC1.ONC1=NCCC1.ONC1=NCCCC1. The molecule has 18 N–H and O–H groups in total. The molecule has 5 unspecified atom stereocenters. The van der Waals surface area contributed by atoms with Crippen molar-refractivity contribution in [1.29, 1.82) is 0 Å². The van der Waals surface area contributed by atoms with E-state index in [1.807, 2.05) is 31.7 Å². The predicted octanol–water partition coefficient (Wildman–Crippen LogP) is 6.13. The Morgan fingerprint density at radius 3 is 1.25 bits per heavy atom. The molecule has 0 aliphatic carbocycles. The summed E-state index contributed by atoms with van der Waals surface area (Å²) in [5.41, 5.74) is 27.5. The van der Waals surface area contributed by atoms with Crippen molar-refractivity contribution in [2.75, 3.05) is 19.6 Å². The number of hydrogen-bond donors (Lipinski definition) is 14. The Hall–Kier alpha value is -4.63. The Morgan fingerprint density at radius 2 is 1.00 bits per heavy atom. The fourth-order valence-electron chi connectivity index (χ4n) is 5.10. The lowest BCUT2D eigenvalue weighted by atomic mass is 9.92. The highest BCUT2D eigenvalue weighted by Gasteiger charge is 2.15. The first-order chi connectivity index (χ1) is 28.7. The summed E-state index contributed by atoms with van der Waals surface area (Å²) in [5.74, 6) is 6.64. The van der Waals surface area contributed by atoms with Crippen molar-refractivity contribution in [3.8, 4) is 0 Å². The van der Waals surface area contributed by atoms with Crippen LogP contribution in [-0.4, -0.2) is 96.9 Å². The van der Waals surface area contributed by atoms with Crippen molar-refractivity contribution < 1.29 is 36.5 Å². The minimum absolute atomic E-state index is 0.176. The van der Waals surface area contributed by atoms with Crippen LogP contribution in [0.2, 0.25) is 0 Å². The minimum Gasteiger partial charge on any atom is -0.409 e. The Morgan fingerprint density at radius 1 is 0.557 bits per heavy atom. The van der Waals surface area contributed by atoms with E-state index in [0.717, 1.165) is 89.1 Å². The predicted molar refractivity (Wildman–Crippen MR) is 247 cm³/mol. The van der Waals surface area contributed by atoms with Gasteiger partial charge in [0.15, 0.2) is 0 Å². The number of amidine groups is 7. The Labute approximate surface area is 366 Å². The van der Waals surface area contributed by atoms with Crippen molar-refractivity contribution in [2.24, 2.45) is 106 Å². The summed E-state index contributed by atoms with van der Waals surface area (Å²) in [7, 11) is 0. The second kappa shape index (κ2) is 40.8. The van der Waals surface area contributed by atoms with Crippen LogP contribution in [0.5, 0.6) is 0 Å². The standard InChI is InChI=1S/4C7H16N2O.C5H10N2O.C4H8N2O.C3H6N2O/c1-5(2)6(3)4-7(8)9-10;1-5(2)4-6(3)7(8)9-10;1-4-5(2)6(3)7(8)9-10;1-4-6(5(2)3)7(8)9-10;8-7-5-3-1-2-4-6-5;7-6-4-2-1-3-5-4;6-5-3-1-2-4-3/h4*5-6,10H,4H2,1-3H3,(H2,8,9);8H,1-4H2,(H,6,7);7H,1-3H2,(H,5,6);6H,1-2H2,(H,4,5). The van der Waals surface area contributed by atoms with Gasteiger partial charge < -0.3 is 43.8 Å². The van der Waals surface area contributed by atoms with Crippen LogP contribution in [-0.2, 0) is 0 Å². The van der Waals surface area contributed by atoms with Gasteiger partial charge in [-0.3, -0.25) is 47.0 Å². The molecule has 0 aromatic heterocycles. The van der Waals surface area contributed by atoms with Crippen LogP contribution < -0.4 is 39.4 Å². The number of nitrogens with two attached hydrogens (primary N) is 4. The number of nitrogens with zero attached hydrogens (tertiary/aromatic N) is 7. The molecule has 21 heteroatoms. The molecule has 21 nitrogen and oxygen atoms in total. The molecule has 5 atom stereocenters. The molecule has 0 amide bonds. The lowest BCUT2D eigenvalue weighted by molar-refractivity contribution is 0.228. The van der Waals surface area contributed by atoms with Crippen molar-refractivity contribution in [3.63, 3.8) is 0 Å². The van der Waals surface area contributed by atoms with Gasteiger partial charge in [0.2, 0.25) is 0 Å². The lowest BCUT2D eigenvalue weighted by Gasteiger charge is -2.16. The maximum Gasteiger partial charge on any atom is 0.142 e. The number of oxime groups is 4. The van der Waals surface area contributed by atoms with E-state index in [9.17, 15) is 0 Å². The average molecular weight is 877 g/mol. The van der Waals surface area contributed by atoms with Gasteiger partial charge in [-0.2, -0.15) is 0 Å². The summed E-state index contributed by atoms with van der Waals surface area (Å²) < 4.78 is 0. The van der Waals surface area contributed by atoms with Gasteiger partial charge in [-0.15, -0.1) is 0 Å². The molecule has 0 radical (unpaired) electrons. The van der Waals surface area contributed by atoms with E-state index < -0.39 is 0 Å². The zero-order valence-corrected chi connectivity index (χ0v) is 39.4. The normalized spacial score (nSPS) is 17.4. The Bertz CT molecular complexity index is 1290. The van der Waals surface area contributed by atoms with E-state index in [1.165, 1.54) is 0 Å². The van der Waals surface area contributed by atoms with Crippen molar-refractivity contribution >= 4 is 40.8 Å². The van der Waals surface area contributed by atoms with Crippen molar-refractivity contribution in [1.82, 2.24) is 16.4 Å². The van der Waals surface area contributed by atoms with Crippen LogP contribution in [0.1, 0.15) is 147 Å². The summed E-state index contributed by atoms with van der Waals surface area (Å²) in [6, 6.07) is 0. The molecule has 3 rings (SSSR count). The highest BCUT2D eigenvalue weighted by molar-refractivity contribution is 5.85. The van der Waals surface area contributed by atoms with Crippen LogP contribution in [0, 0.1) is 47.3 Å². The number of nitrogens with one attached hydrogen (secondary N) is 3. The minimum atomic E-state index is 0.176. The summed E-state index contributed by atoms with van der Waals surface area (Å²) in [6.45, 7) is 27.4. The third-order valence-corrected chi connectivity index (χ3v) is 10.1. The first-order valence-corrected chi connectivity index (χ1v) is 21.4. The molecule has 0 bridgehead atoms. The Balaban J connectivity index is -0.000000312. The van der Waals surface area contributed by atoms with E-state index in [0.29, 0.717) is 65.2 Å². The van der Waals surface area contributed by atoms with E-state index in [4.69, 9.17) is 59.4 Å². The van der Waals surface area contributed by atoms with E-state index in [2.05, 4.69) is 103 Å². The number of rotatable bonds is 12. The highest BCUT2D eigenvalue weighted by atomic mass is 16.5. The molecule has 3 aliphatic heterocycles. The smallest absolute Gasteiger partial charge is 0.142 e. The number of hydroxylamine groups is 3. The molecular formula is C40H88N14O7. The molecule has 0 aromatic rings. The second-order valence-electron chi connectivity index (χ2n) is 16.2. The first-order valence-electron chi connectivity index (χ1n) is 21.4. The zero-order chi connectivity index (χ0) is 47.9. The highest BCUT2D eigenvalue weighted by Crippen LogP contribution is 2.15. The molecule has 0 saturated carbocycles. The third-order valence-electron chi connectivity index (χ3n) is 10.1. The average Bonchev–Trinajstić information content (AvgIpc) is 3.78. The summed E-state index contributed by atoms with van der Waals surface area (Å²) in [5, 5.41) is 69.4. The zero-order valence-electron chi connectivity index (χ0n) is 39.4. The molecule has 3 aliphatic rings. The third kappa shape index (κ3) is 35.8. The van der Waals surface area contributed by atoms with Gasteiger partial charge >= 0.3 is 0 Å². The van der Waals surface area contributed by atoms with Crippen LogP contribution in [0.15, 0.2) is 35.6 Å². The first kappa shape index (κ1) is 63.0.